The Hall–Kier alpha value is -1.46. The number of allylic oxidation sites excluding steroid dienone is 1. The molecule has 0 spiro atoms. The summed E-state index contributed by atoms with van der Waals surface area (Å²) < 4.78 is 21.8. The lowest BCUT2D eigenvalue weighted by Crippen LogP contribution is -2.11. The van der Waals surface area contributed by atoms with Gasteiger partial charge in [0.15, 0.2) is 0 Å². The van der Waals surface area contributed by atoms with Crippen LogP contribution < -0.4 is 5.14 Å². The van der Waals surface area contributed by atoms with E-state index in [0.29, 0.717) is 6.42 Å². The largest absolute Gasteiger partial charge is 0.303 e. The van der Waals surface area contributed by atoms with Crippen molar-refractivity contribution in [1.82, 2.24) is 0 Å². The van der Waals surface area contributed by atoms with Crippen molar-refractivity contribution in [2.75, 3.05) is 0 Å². The van der Waals surface area contributed by atoms with Gasteiger partial charge in [0, 0.05) is 6.42 Å². The van der Waals surface area contributed by atoms with E-state index >= 15 is 0 Å². The molecule has 0 aliphatic rings. The van der Waals surface area contributed by atoms with Crippen molar-refractivity contribution in [2.24, 2.45) is 5.14 Å². The number of nitrogens with two attached hydrogens (primary N) is 1. The molecule has 0 heterocycles. The normalized spacial score (nSPS) is 11.8. The summed E-state index contributed by atoms with van der Waals surface area (Å²) in [7, 11) is -3.63. The molecule has 1 aromatic rings. The fraction of sp³-hybridized carbons (Fsp3) is 0.100. The first-order chi connectivity index (χ1) is 7.04. The van der Waals surface area contributed by atoms with E-state index in [1.165, 1.54) is 12.1 Å². The summed E-state index contributed by atoms with van der Waals surface area (Å²) in [5.41, 5.74) is 0.823. The molecule has 0 radical (unpaired) electrons. The molecule has 0 aliphatic carbocycles. The Kier molecular flexibility index (Phi) is 3.76. The minimum absolute atomic E-state index is 0.0787. The van der Waals surface area contributed by atoms with E-state index in [1.54, 1.807) is 24.3 Å². The summed E-state index contributed by atoms with van der Waals surface area (Å²) in [6, 6.07) is 6.11. The molecule has 15 heavy (non-hydrogen) atoms. The summed E-state index contributed by atoms with van der Waals surface area (Å²) in [4.78, 5) is 10.1. The molecule has 0 atom stereocenters. The number of rotatable bonds is 4. The van der Waals surface area contributed by atoms with Crippen LogP contribution in [0.25, 0.3) is 6.08 Å². The molecule has 0 saturated heterocycles. The Morgan fingerprint density at radius 1 is 1.20 bits per heavy atom. The monoisotopic (exact) mass is 225 g/mol. The summed E-state index contributed by atoms with van der Waals surface area (Å²) >= 11 is 0. The Bertz CT molecular complexity index is 460. The standard InChI is InChI=1S/C10H11NO3S/c11-15(13,14)10-6-4-9(5-7-10)3-1-2-8-12/h1,3-8H,2H2,(H2,11,13,14). The number of benzene rings is 1. The van der Waals surface area contributed by atoms with Crippen LogP contribution in [0.5, 0.6) is 0 Å². The molecule has 2 N–H and O–H groups in total. The highest BCUT2D eigenvalue weighted by molar-refractivity contribution is 7.89. The zero-order valence-corrected chi connectivity index (χ0v) is 8.78. The maximum atomic E-state index is 10.9. The molecule has 5 heteroatoms. The van der Waals surface area contributed by atoms with Crippen LogP contribution in [0.4, 0.5) is 0 Å². The van der Waals surface area contributed by atoms with Gasteiger partial charge in [-0.15, -0.1) is 0 Å². The molecule has 0 fully saturated rings. The molecule has 0 aromatic heterocycles. The van der Waals surface area contributed by atoms with Crippen LogP contribution in [-0.2, 0) is 14.8 Å². The maximum Gasteiger partial charge on any atom is 0.238 e. The van der Waals surface area contributed by atoms with E-state index < -0.39 is 10.0 Å². The Morgan fingerprint density at radius 2 is 1.80 bits per heavy atom. The first-order valence-corrected chi connectivity index (χ1v) is 5.82. The predicted octanol–water partition coefficient (Wildman–Crippen LogP) is 0.936. The topological polar surface area (TPSA) is 77.2 Å². The average Bonchev–Trinajstić information content (AvgIpc) is 2.18. The smallest absolute Gasteiger partial charge is 0.238 e. The first kappa shape index (κ1) is 11.6. The van der Waals surface area contributed by atoms with Gasteiger partial charge >= 0.3 is 0 Å². The lowest BCUT2D eigenvalue weighted by atomic mass is 10.2. The first-order valence-electron chi connectivity index (χ1n) is 4.27. The number of carbonyl (C=O) groups excluding carboxylic acids is 1. The van der Waals surface area contributed by atoms with Crippen molar-refractivity contribution in [3.63, 3.8) is 0 Å². The van der Waals surface area contributed by atoms with Gasteiger partial charge in [-0.2, -0.15) is 0 Å². The molecule has 0 unspecified atom stereocenters. The quantitative estimate of drug-likeness (QED) is 0.774. The molecule has 80 valence electrons. The Balaban J connectivity index is 2.86. The summed E-state index contributed by atoms with van der Waals surface area (Å²) in [5.74, 6) is 0. The van der Waals surface area contributed by atoms with Crippen LogP contribution in [0, 0.1) is 0 Å². The number of hydrogen-bond acceptors (Lipinski definition) is 3. The van der Waals surface area contributed by atoms with Crippen molar-refractivity contribution in [3.8, 4) is 0 Å². The lowest BCUT2D eigenvalue weighted by molar-refractivity contribution is -0.107. The number of hydrogen-bond donors (Lipinski definition) is 1. The second kappa shape index (κ2) is 4.86. The van der Waals surface area contributed by atoms with E-state index in [1.807, 2.05) is 0 Å². The third-order valence-corrected chi connectivity index (χ3v) is 2.68. The second-order valence-corrected chi connectivity index (χ2v) is 4.48. The van der Waals surface area contributed by atoms with E-state index in [4.69, 9.17) is 5.14 Å². The number of aldehydes is 1. The van der Waals surface area contributed by atoms with Crippen LogP contribution in [0.3, 0.4) is 0 Å². The molecule has 0 saturated carbocycles. The van der Waals surface area contributed by atoms with Crippen molar-refractivity contribution in [3.05, 3.63) is 35.9 Å². The van der Waals surface area contributed by atoms with Gasteiger partial charge in [0.2, 0.25) is 10.0 Å². The fourth-order valence-corrected chi connectivity index (χ4v) is 1.54. The van der Waals surface area contributed by atoms with Crippen LogP contribution in [0.2, 0.25) is 0 Å². The zero-order valence-electron chi connectivity index (χ0n) is 7.96. The molecule has 0 amide bonds. The van der Waals surface area contributed by atoms with Crippen molar-refractivity contribution < 1.29 is 13.2 Å². The highest BCUT2D eigenvalue weighted by Crippen LogP contribution is 2.09. The average molecular weight is 225 g/mol. The summed E-state index contributed by atoms with van der Waals surface area (Å²) in [6.45, 7) is 0. The van der Waals surface area contributed by atoms with Crippen molar-refractivity contribution in [2.45, 2.75) is 11.3 Å². The van der Waals surface area contributed by atoms with Crippen LogP contribution in [0.1, 0.15) is 12.0 Å². The number of primary sulfonamides is 1. The van der Waals surface area contributed by atoms with E-state index in [2.05, 4.69) is 0 Å². The summed E-state index contributed by atoms with van der Waals surface area (Å²) in [5, 5.41) is 4.94. The van der Waals surface area contributed by atoms with Crippen LogP contribution >= 0.6 is 0 Å². The molecule has 1 rings (SSSR count). The van der Waals surface area contributed by atoms with Gasteiger partial charge in [-0.3, -0.25) is 0 Å². The highest BCUT2D eigenvalue weighted by atomic mass is 32.2. The lowest BCUT2D eigenvalue weighted by Gasteiger charge is -1.97. The van der Waals surface area contributed by atoms with Gasteiger partial charge in [-0.1, -0.05) is 24.3 Å². The predicted molar refractivity (Wildman–Crippen MR) is 57.5 cm³/mol. The van der Waals surface area contributed by atoms with Crippen LogP contribution in [-0.4, -0.2) is 14.7 Å². The van der Waals surface area contributed by atoms with Gasteiger partial charge in [0.25, 0.3) is 0 Å². The maximum absolute atomic E-state index is 10.9. The van der Waals surface area contributed by atoms with Crippen molar-refractivity contribution in [1.29, 1.82) is 0 Å². The molecule has 1 aromatic carbocycles. The highest BCUT2D eigenvalue weighted by Gasteiger charge is 2.05. The van der Waals surface area contributed by atoms with E-state index in [-0.39, 0.29) is 4.90 Å². The van der Waals surface area contributed by atoms with E-state index in [0.717, 1.165) is 11.8 Å². The summed E-state index contributed by atoms with van der Waals surface area (Å²) in [6.07, 6.45) is 4.56. The van der Waals surface area contributed by atoms with Gasteiger partial charge < -0.3 is 4.79 Å². The van der Waals surface area contributed by atoms with Gasteiger partial charge in [0.1, 0.15) is 6.29 Å². The van der Waals surface area contributed by atoms with Crippen LogP contribution in [0.15, 0.2) is 35.2 Å². The Labute approximate surface area is 88.5 Å². The second-order valence-electron chi connectivity index (χ2n) is 2.92. The van der Waals surface area contributed by atoms with Gasteiger partial charge in [0.05, 0.1) is 4.90 Å². The molecular formula is C10H11NO3S. The minimum Gasteiger partial charge on any atom is -0.303 e. The Morgan fingerprint density at radius 3 is 2.27 bits per heavy atom. The fourth-order valence-electron chi connectivity index (χ4n) is 1.03. The molecular weight excluding hydrogens is 214 g/mol. The number of carbonyl (C=O) groups is 1. The minimum atomic E-state index is -3.63. The van der Waals surface area contributed by atoms with Gasteiger partial charge in [-0.05, 0) is 17.7 Å². The zero-order chi connectivity index (χ0) is 11.3. The molecule has 4 nitrogen and oxygen atoms in total. The third-order valence-electron chi connectivity index (χ3n) is 1.75. The van der Waals surface area contributed by atoms with Gasteiger partial charge in [-0.25, -0.2) is 13.6 Å². The SMILES string of the molecule is NS(=O)(=O)c1ccc(C=CCC=O)cc1. The third kappa shape index (κ3) is 3.65. The number of sulfonamides is 1. The molecule has 0 bridgehead atoms. The molecule has 0 aliphatic heterocycles. The van der Waals surface area contributed by atoms with Crippen molar-refractivity contribution >= 4 is 22.4 Å². The van der Waals surface area contributed by atoms with E-state index in [9.17, 15) is 13.2 Å².